The standard InChI is InChI=1S/C9H13Cl/c1-4-6-9(2,3)7-5-8-10/h5,8H,7H2,1-3H3. The van der Waals surface area contributed by atoms with Gasteiger partial charge in [0.25, 0.3) is 0 Å². The van der Waals surface area contributed by atoms with E-state index in [0.29, 0.717) is 0 Å². The summed E-state index contributed by atoms with van der Waals surface area (Å²) < 4.78 is 0. The molecule has 0 aromatic carbocycles. The van der Waals surface area contributed by atoms with Gasteiger partial charge in [0, 0.05) is 11.0 Å². The fraction of sp³-hybridized carbons (Fsp3) is 0.556. The summed E-state index contributed by atoms with van der Waals surface area (Å²) in [6.45, 7) is 6.05. The first-order valence-electron chi connectivity index (χ1n) is 3.31. The van der Waals surface area contributed by atoms with Crippen molar-refractivity contribution >= 4 is 11.6 Å². The molecule has 0 N–H and O–H groups in total. The van der Waals surface area contributed by atoms with Crippen molar-refractivity contribution in [2.45, 2.75) is 27.2 Å². The van der Waals surface area contributed by atoms with Crippen LogP contribution in [0, 0.1) is 17.3 Å². The fourth-order valence-corrected chi connectivity index (χ4v) is 0.818. The molecule has 0 aromatic heterocycles. The van der Waals surface area contributed by atoms with Gasteiger partial charge in [-0.1, -0.05) is 23.6 Å². The number of hydrogen-bond acceptors (Lipinski definition) is 0. The summed E-state index contributed by atoms with van der Waals surface area (Å²) in [7, 11) is 0. The SMILES string of the molecule is CC#CC(C)(C)CC=CCl. The molecular weight excluding hydrogens is 144 g/mol. The Morgan fingerprint density at radius 3 is 2.50 bits per heavy atom. The first-order chi connectivity index (χ1) is 4.62. The molecule has 0 bridgehead atoms. The minimum absolute atomic E-state index is 0.0696. The number of rotatable bonds is 2. The van der Waals surface area contributed by atoms with Gasteiger partial charge in [-0.15, -0.1) is 5.92 Å². The predicted molar refractivity (Wildman–Crippen MR) is 46.8 cm³/mol. The first-order valence-corrected chi connectivity index (χ1v) is 3.75. The highest BCUT2D eigenvalue weighted by molar-refractivity contribution is 6.25. The first kappa shape index (κ1) is 9.59. The van der Waals surface area contributed by atoms with Gasteiger partial charge in [0.1, 0.15) is 0 Å². The zero-order chi connectivity index (χ0) is 8.04. The molecular formula is C9H13Cl. The van der Waals surface area contributed by atoms with Crippen LogP contribution < -0.4 is 0 Å². The van der Waals surface area contributed by atoms with Crippen LogP contribution in [0.1, 0.15) is 27.2 Å². The van der Waals surface area contributed by atoms with E-state index in [2.05, 4.69) is 25.7 Å². The summed E-state index contributed by atoms with van der Waals surface area (Å²) >= 11 is 5.38. The lowest BCUT2D eigenvalue weighted by molar-refractivity contribution is 0.513. The van der Waals surface area contributed by atoms with Crippen molar-refractivity contribution in [2.24, 2.45) is 5.41 Å². The molecule has 0 aromatic rings. The normalized spacial score (nSPS) is 11.2. The third-order valence-electron chi connectivity index (χ3n) is 1.18. The molecule has 0 aliphatic heterocycles. The quantitative estimate of drug-likeness (QED) is 0.539. The van der Waals surface area contributed by atoms with Crippen LogP contribution >= 0.6 is 11.6 Å². The lowest BCUT2D eigenvalue weighted by Gasteiger charge is -2.13. The Balaban J connectivity index is 3.95. The Labute approximate surface area is 68.3 Å². The van der Waals surface area contributed by atoms with Crippen LogP contribution in [-0.2, 0) is 0 Å². The minimum Gasteiger partial charge on any atom is -0.106 e. The Morgan fingerprint density at radius 2 is 2.10 bits per heavy atom. The van der Waals surface area contributed by atoms with Crippen molar-refractivity contribution in [1.29, 1.82) is 0 Å². The Morgan fingerprint density at radius 1 is 1.50 bits per heavy atom. The van der Waals surface area contributed by atoms with Crippen LogP contribution in [0.4, 0.5) is 0 Å². The summed E-state index contributed by atoms with van der Waals surface area (Å²) in [5.41, 5.74) is 1.61. The molecule has 0 aliphatic rings. The molecule has 0 spiro atoms. The smallest absolute Gasteiger partial charge is 0.0293 e. The Kier molecular flexibility index (Phi) is 4.23. The molecule has 0 saturated heterocycles. The molecule has 0 fully saturated rings. The van der Waals surface area contributed by atoms with Gasteiger partial charge in [-0.05, 0) is 27.2 Å². The van der Waals surface area contributed by atoms with Crippen LogP contribution in [0.2, 0.25) is 0 Å². The van der Waals surface area contributed by atoms with Crippen molar-refractivity contribution < 1.29 is 0 Å². The van der Waals surface area contributed by atoms with Gasteiger partial charge in [-0.2, -0.15) is 0 Å². The second kappa shape index (κ2) is 4.41. The lowest BCUT2D eigenvalue weighted by Crippen LogP contribution is -2.05. The maximum absolute atomic E-state index is 5.38. The third kappa shape index (κ3) is 4.47. The van der Waals surface area contributed by atoms with Gasteiger partial charge >= 0.3 is 0 Å². The van der Waals surface area contributed by atoms with Gasteiger partial charge in [-0.25, -0.2) is 0 Å². The molecule has 0 unspecified atom stereocenters. The largest absolute Gasteiger partial charge is 0.106 e. The summed E-state index contributed by atoms with van der Waals surface area (Å²) in [5, 5.41) is 0. The molecule has 56 valence electrons. The van der Waals surface area contributed by atoms with E-state index in [-0.39, 0.29) is 5.41 Å². The maximum atomic E-state index is 5.38. The molecule has 0 saturated carbocycles. The summed E-state index contributed by atoms with van der Waals surface area (Å²) in [5.74, 6) is 5.99. The third-order valence-corrected chi connectivity index (χ3v) is 1.36. The van der Waals surface area contributed by atoms with Crippen LogP contribution in [-0.4, -0.2) is 0 Å². The highest BCUT2D eigenvalue weighted by atomic mass is 35.5. The zero-order valence-electron chi connectivity index (χ0n) is 6.74. The van der Waals surface area contributed by atoms with Crippen molar-refractivity contribution in [3.05, 3.63) is 11.6 Å². The van der Waals surface area contributed by atoms with Gasteiger partial charge in [-0.3, -0.25) is 0 Å². The molecule has 0 heterocycles. The van der Waals surface area contributed by atoms with Crippen LogP contribution in [0.15, 0.2) is 11.6 Å². The van der Waals surface area contributed by atoms with Crippen molar-refractivity contribution in [3.8, 4) is 11.8 Å². The van der Waals surface area contributed by atoms with Crippen molar-refractivity contribution in [1.82, 2.24) is 0 Å². The van der Waals surface area contributed by atoms with Gasteiger partial charge in [0.2, 0.25) is 0 Å². The van der Waals surface area contributed by atoms with E-state index in [1.807, 2.05) is 13.0 Å². The molecule has 0 radical (unpaired) electrons. The molecule has 0 atom stereocenters. The average molecular weight is 157 g/mol. The Bertz CT molecular complexity index is 167. The minimum atomic E-state index is 0.0696. The van der Waals surface area contributed by atoms with Crippen LogP contribution in [0.5, 0.6) is 0 Å². The Hall–Kier alpha value is -0.410. The predicted octanol–water partition coefficient (Wildman–Crippen LogP) is 3.18. The van der Waals surface area contributed by atoms with Crippen molar-refractivity contribution in [2.75, 3.05) is 0 Å². The van der Waals surface area contributed by atoms with Crippen molar-refractivity contribution in [3.63, 3.8) is 0 Å². The van der Waals surface area contributed by atoms with Gasteiger partial charge in [0.15, 0.2) is 0 Å². The molecule has 10 heavy (non-hydrogen) atoms. The van der Waals surface area contributed by atoms with E-state index in [4.69, 9.17) is 11.6 Å². The van der Waals surface area contributed by atoms with Gasteiger partial charge < -0.3 is 0 Å². The second-order valence-corrected chi connectivity index (χ2v) is 3.08. The van der Waals surface area contributed by atoms with E-state index >= 15 is 0 Å². The van der Waals surface area contributed by atoms with Crippen LogP contribution in [0.3, 0.4) is 0 Å². The summed E-state index contributed by atoms with van der Waals surface area (Å²) in [6, 6.07) is 0. The summed E-state index contributed by atoms with van der Waals surface area (Å²) in [4.78, 5) is 0. The van der Waals surface area contributed by atoms with E-state index in [1.165, 1.54) is 0 Å². The number of allylic oxidation sites excluding steroid dienone is 1. The number of halogens is 1. The fourth-order valence-electron chi connectivity index (χ4n) is 0.729. The monoisotopic (exact) mass is 156 g/mol. The maximum Gasteiger partial charge on any atom is 0.0293 e. The van der Waals surface area contributed by atoms with Gasteiger partial charge in [0.05, 0.1) is 0 Å². The molecule has 0 aliphatic carbocycles. The number of hydrogen-bond donors (Lipinski definition) is 0. The van der Waals surface area contributed by atoms with E-state index in [0.717, 1.165) is 6.42 Å². The zero-order valence-corrected chi connectivity index (χ0v) is 7.50. The highest BCUT2D eigenvalue weighted by Crippen LogP contribution is 2.19. The average Bonchev–Trinajstić information content (AvgIpc) is 1.84. The highest BCUT2D eigenvalue weighted by Gasteiger charge is 2.10. The second-order valence-electron chi connectivity index (χ2n) is 2.82. The summed E-state index contributed by atoms with van der Waals surface area (Å²) in [6.07, 6.45) is 2.84. The molecule has 0 nitrogen and oxygen atoms in total. The topological polar surface area (TPSA) is 0 Å². The lowest BCUT2D eigenvalue weighted by atomic mass is 9.90. The molecule has 1 heteroatoms. The molecule has 0 amide bonds. The van der Waals surface area contributed by atoms with E-state index in [1.54, 1.807) is 5.54 Å². The molecule has 0 rings (SSSR count). The van der Waals surface area contributed by atoms with E-state index < -0.39 is 0 Å². The van der Waals surface area contributed by atoms with Crippen LogP contribution in [0.25, 0.3) is 0 Å². The van der Waals surface area contributed by atoms with E-state index in [9.17, 15) is 0 Å².